The summed E-state index contributed by atoms with van der Waals surface area (Å²) >= 11 is 0. The van der Waals surface area contributed by atoms with Gasteiger partial charge in [0.15, 0.2) is 6.10 Å². The van der Waals surface area contributed by atoms with Gasteiger partial charge in [-0.1, -0.05) is 6.07 Å². The SMILES string of the molecule is Cc1ccc(S(=O)(=O)NCC(=O)O[C@H](C)C(=O)N(C)CCC#N)cc1C. The molecule has 26 heavy (non-hydrogen) atoms. The monoisotopic (exact) mass is 381 g/mol. The van der Waals surface area contributed by atoms with E-state index in [1.54, 1.807) is 13.0 Å². The summed E-state index contributed by atoms with van der Waals surface area (Å²) in [6.45, 7) is 4.67. The normalized spacial score (nSPS) is 12.1. The zero-order valence-corrected chi connectivity index (χ0v) is 16.1. The van der Waals surface area contributed by atoms with E-state index in [0.29, 0.717) is 0 Å². The molecular weight excluding hydrogens is 358 g/mol. The number of rotatable bonds is 8. The highest BCUT2D eigenvalue weighted by Crippen LogP contribution is 2.14. The Morgan fingerprint density at radius 1 is 1.31 bits per heavy atom. The van der Waals surface area contributed by atoms with Crippen LogP contribution in [0.5, 0.6) is 0 Å². The molecule has 0 radical (unpaired) electrons. The molecule has 0 aliphatic heterocycles. The molecule has 1 aromatic rings. The summed E-state index contributed by atoms with van der Waals surface area (Å²) in [5, 5.41) is 8.51. The number of amides is 1. The first kappa shape index (κ1) is 21.6. The molecule has 0 heterocycles. The van der Waals surface area contributed by atoms with Gasteiger partial charge in [-0.05, 0) is 44.0 Å². The average molecular weight is 381 g/mol. The van der Waals surface area contributed by atoms with E-state index in [1.165, 1.54) is 31.0 Å². The van der Waals surface area contributed by atoms with Crippen molar-refractivity contribution < 1.29 is 22.7 Å². The fraction of sp³-hybridized carbons (Fsp3) is 0.471. The predicted molar refractivity (Wildman–Crippen MR) is 94.5 cm³/mol. The minimum absolute atomic E-state index is 0.0498. The average Bonchev–Trinajstić information content (AvgIpc) is 2.59. The van der Waals surface area contributed by atoms with Crippen molar-refractivity contribution in [2.45, 2.75) is 38.2 Å². The number of carbonyl (C=O) groups is 2. The van der Waals surface area contributed by atoms with Gasteiger partial charge in [0.25, 0.3) is 5.91 Å². The van der Waals surface area contributed by atoms with Gasteiger partial charge in [-0.15, -0.1) is 0 Å². The smallest absolute Gasteiger partial charge is 0.321 e. The van der Waals surface area contributed by atoms with Gasteiger partial charge in [-0.3, -0.25) is 9.59 Å². The van der Waals surface area contributed by atoms with Gasteiger partial charge in [0.1, 0.15) is 6.54 Å². The second kappa shape index (κ2) is 9.31. The number of aryl methyl sites for hydroxylation is 2. The fourth-order valence-electron chi connectivity index (χ4n) is 2.05. The van der Waals surface area contributed by atoms with Crippen molar-refractivity contribution in [3.63, 3.8) is 0 Å². The minimum Gasteiger partial charge on any atom is -0.452 e. The number of nitrogens with one attached hydrogen (secondary N) is 1. The van der Waals surface area contributed by atoms with Crippen molar-refractivity contribution in [1.29, 1.82) is 5.26 Å². The van der Waals surface area contributed by atoms with Crippen LogP contribution in [0.4, 0.5) is 0 Å². The summed E-state index contributed by atoms with van der Waals surface area (Å²) in [6, 6.07) is 6.56. The molecule has 0 fully saturated rings. The second-order valence-corrected chi connectivity index (χ2v) is 7.64. The van der Waals surface area contributed by atoms with Crippen LogP contribution in [0.2, 0.25) is 0 Å². The van der Waals surface area contributed by atoms with Gasteiger partial charge < -0.3 is 9.64 Å². The molecule has 9 heteroatoms. The molecule has 1 aromatic carbocycles. The molecule has 0 aromatic heterocycles. The molecule has 0 bridgehead atoms. The zero-order chi connectivity index (χ0) is 19.9. The summed E-state index contributed by atoms with van der Waals surface area (Å²) in [7, 11) is -2.37. The number of hydrogen-bond acceptors (Lipinski definition) is 6. The number of ether oxygens (including phenoxy) is 1. The van der Waals surface area contributed by atoms with E-state index in [2.05, 4.69) is 4.72 Å². The van der Waals surface area contributed by atoms with Crippen LogP contribution in [0.15, 0.2) is 23.1 Å². The van der Waals surface area contributed by atoms with Crippen molar-refractivity contribution in [3.8, 4) is 6.07 Å². The van der Waals surface area contributed by atoms with Crippen molar-refractivity contribution in [3.05, 3.63) is 29.3 Å². The lowest BCUT2D eigenvalue weighted by atomic mass is 10.1. The van der Waals surface area contributed by atoms with E-state index < -0.39 is 34.5 Å². The molecule has 1 N–H and O–H groups in total. The van der Waals surface area contributed by atoms with E-state index in [9.17, 15) is 18.0 Å². The Morgan fingerprint density at radius 3 is 2.54 bits per heavy atom. The Morgan fingerprint density at radius 2 is 1.96 bits per heavy atom. The number of carbonyl (C=O) groups excluding carboxylic acids is 2. The second-order valence-electron chi connectivity index (χ2n) is 5.87. The van der Waals surface area contributed by atoms with Gasteiger partial charge in [0, 0.05) is 13.6 Å². The van der Waals surface area contributed by atoms with Crippen molar-refractivity contribution in [2.24, 2.45) is 0 Å². The van der Waals surface area contributed by atoms with Crippen LogP contribution in [-0.4, -0.2) is 51.4 Å². The van der Waals surface area contributed by atoms with E-state index in [1.807, 2.05) is 13.0 Å². The molecule has 8 nitrogen and oxygen atoms in total. The maximum absolute atomic E-state index is 12.2. The van der Waals surface area contributed by atoms with Gasteiger partial charge >= 0.3 is 5.97 Å². The molecule has 0 spiro atoms. The van der Waals surface area contributed by atoms with Crippen LogP contribution < -0.4 is 4.72 Å². The highest BCUT2D eigenvalue weighted by atomic mass is 32.2. The summed E-state index contributed by atoms with van der Waals surface area (Å²) in [5.41, 5.74) is 1.77. The third kappa shape index (κ3) is 6.13. The Kier molecular flexibility index (Phi) is 7.74. The van der Waals surface area contributed by atoms with E-state index >= 15 is 0 Å². The maximum Gasteiger partial charge on any atom is 0.321 e. The number of benzene rings is 1. The lowest BCUT2D eigenvalue weighted by Crippen LogP contribution is -2.40. The molecule has 0 aliphatic carbocycles. The molecule has 1 amide bonds. The molecule has 0 unspecified atom stereocenters. The van der Waals surface area contributed by atoms with Crippen LogP contribution in [0.3, 0.4) is 0 Å². The maximum atomic E-state index is 12.2. The van der Waals surface area contributed by atoms with Crippen molar-refractivity contribution >= 4 is 21.9 Å². The summed E-state index contributed by atoms with van der Waals surface area (Å²) in [5.74, 6) is -1.34. The molecule has 0 saturated carbocycles. The van der Waals surface area contributed by atoms with Crippen molar-refractivity contribution in [2.75, 3.05) is 20.1 Å². The topological polar surface area (TPSA) is 117 Å². The molecule has 0 saturated heterocycles. The highest BCUT2D eigenvalue weighted by Gasteiger charge is 2.23. The number of likely N-dealkylation sites (N-methyl/N-ethyl adjacent to an activating group) is 1. The minimum atomic E-state index is -3.86. The van der Waals surface area contributed by atoms with Crippen LogP contribution in [0.25, 0.3) is 0 Å². The lowest BCUT2D eigenvalue weighted by molar-refractivity contribution is -0.157. The van der Waals surface area contributed by atoms with Crippen LogP contribution >= 0.6 is 0 Å². The molecule has 0 aliphatic rings. The largest absolute Gasteiger partial charge is 0.452 e. The number of sulfonamides is 1. The van der Waals surface area contributed by atoms with Gasteiger partial charge in [0.05, 0.1) is 17.4 Å². The number of hydrogen-bond donors (Lipinski definition) is 1. The molecule has 1 rings (SSSR count). The zero-order valence-electron chi connectivity index (χ0n) is 15.3. The van der Waals surface area contributed by atoms with Crippen LogP contribution in [0, 0.1) is 25.2 Å². The first-order valence-corrected chi connectivity index (χ1v) is 9.45. The Balaban J connectivity index is 2.61. The fourth-order valence-corrected chi connectivity index (χ4v) is 3.10. The number of nitrogens with zero attached hydrogens (tertiary/aromatic N) is 2. The van der Waals surface area contributed by atoms with Crippen LogP contribution in [0.1, 0.15) is 24.5 Å². The first-order chi connectivity index (χ1) is 12.1. The lowest BCUT2D eigenvalue weighted by Gasteiger charge is -2.20. The Labute approximate surface area is 153 Å². The number of esters is 1. The molecule has 1 atom stereocenters. The predicted octanol–water partition coefficient (Wildman–Crippen LogP) is 0.886. The standard InChI is InChI=1S/C17H23N3O5S/c1-12-6-7-15(10-13(12)2)26(23,24)19-11-16(21)25-14(3)17(22)20(4)9-5-8-18/h6-7,10,14,19H,5,9,11H2,1-4H3/t14-/m1/s1. The van der Waals surface area contributed by atoms with Gasteiger partial charge in [-0.25, -0.2) is 8.42 Å². The van der Waals surface area contributed by atoms with E-state index in [0.717, 1.165) is 11.1 Å². The quantitative estimate of drug-likeness (QED) is 0.668. The molecular formula is C17H23N3O5S. The Hall–Kier alpha value is -2.44. The van der Waals surface area contributed by atoms with Gasteiger partial charge in [0.2, 0.25) is 10.0 Å². The van der Waals surface area contributed by atoms with E-state index in [4.69, 9.17) is 10.00 Å². The Bertz CT molecular complexity index is 814. The summed E-state index contributed by atoms with van der Waals surface area (Å²) in [6.07, 6.45) is -0.907. The first-order valence-electron chi connectivity index (χ1n) is 7.97. The molecule has 142 valence electrons. The van der Waals surface area contributed by atoms with Crippen LogP contribution in [-0.2, 0) is 24.3 Å². The van der Waals surface area contributed by atoms with E-state index in [-0.39, 0.29) is 17.9 Å². The third-order valence-corrected chi connectivity index (χ3v) is 5.19. The van der Waals surface area contributed by atoms with Crippen molar-refractivity contribution in [1.82, 2.24) is 9.62 Å². The highest BCUT2D eigenvalue weighted by molar-refractivity contribution is 7.89. The summed E-state index contributed by atoms with van der Waals surface area (Å²) < 4.78 is 31.5. The number of nitriles is 1. The summed E-state index contributed by atoms with van der Waals surface area (Å²) in [4.78, 5) is 25.1. The van der Waals surface area contributed by atoms with Gasteiger partial charge in [-0.2, -0.15) is 9.98 Å². The third-order valence-electron chi connectivity index (χ3n) is 3.79.